The van der Waals surface area contributed by atoms with E-state index in [9.17, 15) is 9.90 Å². The van der Waals surface area contributed by atoms with E-state index in [1.165, 1.54) is 0 Å². The fraction of sp³-hybridized carbons (Fsp3) is 0.636. The van der Waals surface area contributed by atoms with Gasteiger partial charge in [-0.25, -0.2) is 4.79 Å². The van der Waals surface area contributed by atoms with E-state index in [1.807, 2.05) is 0 Å². The number of aliphatic hydroxyl groups is 1. The van der Waals surface area contributed by atoms with E-state index in [1.54, 1.807) is 11.9 Å². The highest BCUT2D eigenvalue weighted by atomic mass is 16.4. The second kappa shape index (κ2) is 4.75. The molecule has 94 valence electrons. The van der Waals surface area contributed by atoms with Gasteiger partial charge in [-0.3, -0.25) is 0 Å². The molecule has 0 amide bonds. The van der Waals surface area contributed by atoms with Crippen LogP contribution < -0.4 is 4.90 Å². The Balaban J connectivity index is 2.12. The molecule has 1 aliphatic rings. The van der Waals surface area contributed by atoms with Crippen LogP contribution in [0.4, 0.5) is 6.01 Å². The van der Waals surface area contributed by atoms with Gasteiger partial charge in [0.05, 0.1) is 12.1 Å². The van der Waals surface area contributed by atoms with Crippen molar-refractivity contribution in [1.82, 2.24) is 4.98 Å². The molecule has 1 aromatic rings. The zero-order chi connectivity index (χ0) is 12.4. The number of aliphatic hydroxyl groups excluding tert-OH is 1. The van der Waals surface area contributed by atoms with Gasteiger partial charge in [0.15, 0.2) is 5.69 Å². The van der Waals surface area contributed by atoms with Gasteiger partial charge in [0, 0.05) is 7.05 Å². The molecule has 17 heavy (non-hydrogen) atoms. The van der Waals surface area contributed by atoms with Crippen molar-refractivity contribution in [2.24, 2.45) is 0 Å². The molecular weight excluding hydrogens is 224 g/mol. The van der Waals surface area contributed by atoms with E-state index < -0.39 is 12.1 Å². The maximum atomic E-state index is 10.7. The van der Waals surface area contributed by atoms with E-state index in [4.69, 9.17) is 9.52 Å². The molecule has 0 saturated heterocycles. The van der Waals surface area contributed by atoms with Gasteiger partial charge in [0.1, 0.15) is 6.26 Å². The lowest BCUT2D eigenvalue weighted by Gasteiger charge is -2.34. The Morgan fingerprint density at radius 2 is 2.24 bits per heavy atom. The summed E-state index contributed by atoms with van der Waals surface area (Å²) in [4.78, 5) is 16.3. The smallest absolute Gasteiger partial charge is 0.357 e. The van der Waals surface area contributed by atoms with Crippen LogP contribution in [0.2, 0.25) is 0 Å². The molecule has 1 aromatic heterocycles. The maximum absolute atomic E-state index is 10.7. The van der Waals surface area contributed by atoms with Crippen LogP contribution in [-0.4, -0.2) is 40.4 Å². The lowest BCUT2D eigenvalue weighted by atomic mass is 9.92. The third-order valence-corrected chi connectivity index (χ3v) is 3.20. The second-order valence-electron chi connectivity index (χ2n) is 4.35. The third-order valence-electron chi connectivity index (χ3n) is 3.20. The fourth-order valence-corrected chi connectivity index (χ4v) is 2.21. The van der Waals surface area contributed by atoms with Gasteiger partial charge in [-0.2, -0.15) is 4.98 Å². The van der Waals surface area contributed by atoms with Crippen molar-refractivity contribution in [3.8, 4) is 0 Å². The van der Waals surface area contributed by atoms with Gasteiger partial charge in [-0.05, 0) is 12.8 Å². The molecule has 2 N–H and O–H groups in total. The van der Waals surface area contributed by atoms with Gasteiger partial charge in [-0.1, -0.05) is 12.8 Å². The van der Waals surface area contributed by atoms with Crippen LogP contribution >= 0.6 is 0 Å². The Morgan fingerprint density at radius 1 is 1.53 bits per heavy atom. The fourth-order valence-electron chi connectivity index (χ4n) is 2.21. The molecule has 1 heterocycles. The summed E-state index contributed by atoms with van der Waals surface area (Å²) in [7, 11) is 1.76. The van der Waals surface area contributed by atoms with Gasteiger partial charge < -0.3 is 19.5 Å². The summed E-state index contributed by atoms with van der Waals surface area (Å²) in [6.45, 7) is 0. The molecule has 0 radical (unpaired) electrons. The van der Waals surface area contributed by atoms with Crippen LogP contribution in [-0.2, 0) is 0 Å². The van der Waals surface area contributed by atoms with Crippen molar-refractivity contribution in [2.75, 3.05) is 11.9 Å². The number of carboxylic acid groups (broad SMARTS) is 1. The van der Waals surface area contributed by atoms with E-state index >= 15 is 0 Å². The first-order chi connectivity index (χ1) is 8.09. The molecular formula is C11H16N2O4. The predicted molar refractivity (Wildman–Crippen MR) is 60.1 cm³/mol. The lowest BCUT2D eigenvalue weighted by molar-refractivity contribution is 0.0690. The normalized spacial score (nSPS) is 24.6. The second-order valence-corrected chi connectivity index (χ2v) is 4.35. The largest absolute Gasteiger partial charge is 0.476 e. The molecule has 0 spiro atoms. The van der Waals surface area contributed by atoms with Gasteiger partial charge in [0.25, 0.3) is 6.01 Å². The molecule has 6 nitrogen and oxygen atoms in total. The number of likely N-dealkylation sites (N-methyl/N-ethyl adjacent to an activating group) is 1. The van der Waals surface area contributed by atoms with Crippen LogP contribution in [0.25, 0.3) is 0 Å². The molecule has 2 atom stereocenters. The van der Waals surface area contributed by atoms with Crippen LogP contribution in [0.1, 0.15) is 36.2 Å². The summed E-state index contributed by atoms with van der Waals surface area (Å²) in [5.41, 5.74) is -0.114. The minimum absolute atomic E-state index is 0.0518. The summed E-state index contributed by atoms with van der Waals surface area (Å²) in [5, 5.41) is 18.6. The molecule has 1 fully saturated rings. The number of hydrogen-bond donors (Lipinski definition) is 2. The highest BCUT2D eigenvalue weighted by Gasteiger charge is 2.29. The van der Waals surface area contributed by atoms with Crippen LogP contribution in [0.3, 0.4) is 0 Å². The Bertz CT molecular complexity index is 404. The maximum Gasteiger partial charge on any atom is 0.357 e. The standard InChI is InChI=1S/C11H16N2O4/c1-13(8-4-2-3-5-9(8)14)11-12-7(6-17-11)10(15)16/h6,8-9,14H,2-5H2,1H3,(H,15,16). The SMILES string of the molecule is CN(c1nc(C(=O)O)co1)C1CCCCC1O. The van der Waals surface area contributed by atoms with Crippen molar-refractivity contribution in [1.29, 1.82) is 0 Å². The number of hydrogen-bond acceptors (Lipinski definition) is 5. The van der Waals surface area contributed by atoms with Crippen molar-refractivity contribution >= 4 is 12.0 Å². The first-order valence-corrected chi connectivity index (χ1v) is 5.69. The number of nitrogens with zero attached hydrogens (tertiary/aromatic N) is 2. The number of aromatic carboxylic acids is 1. The first-order valence-electron chi connectivity index (χ1n) is 5.69. The summed E-state index contributed by atoms with van der Waals surface area (Å²) in [5.74, 6) is -1.11. The van der Waals surface area contributed by atoms with Crippen molar-refractivity contribution in [3.05, 3.63) is 12.0 Å². The van der Waals surface area contributed by atoms with Gasteiger partial charge in [0.2, 0.25) is 0 Å². The van der Waals surface area contributed by atoms with Gasteiger partial charge >= 0.3 is 5.97 Å². The minimum atomic E-state index is -1.11. The Labute approximate surface area is 98.9 Å². The molecule has 6 heteroatoms. The summed E-state index contributed by atoms with van der Waals surface area (Å²) < 4.78 is 5.11. The number of rotatable bonds is 3. The Kier molecular flexibility index (Phi) is 3.33. The minimum Gasteiger partial charge on any atom is -0.476 e. The number of carboxylic acids is 1. The zero-order valence-electron chi connectivity index (χ0n) is 9.67. The molecule has 2 unspecified atom stereocenters. The first kappa shape index (κ1) is 11.9. The quantitative estimate of drug-likeness (QED) is 0.823. The molecule has 1 saturated carbocycles. The highest BCUT2D eigenvalue weighted by Crippen LogP contribution is 2.26. The average molecular weight is 240 g/mol. The van der Waals surface area contributed by atoms with Crippen molar-refractivity contribution < 1.29 is 19.4 Å². The molecule has 2 rings (SSSR count). The van der Waals surface area contributed by atoms with Crippen molar-refractivity contribution in [3.63, 3.8) is 0 Å². The van der Waals surface area contributed by atoms with E-state index in [-0.39, 0.29) is 17.8 Å². The summed E-state index contributed by atoms with van der Waals surface area (Å²) >= 11 is 0. The van der Waals surface area contributed by atoms with Crippen LogP contribution in [0, 0.1) is 0 Å². The topological polar surface area (TPSA) is 86.8 Å². The molecule has 0 aromatic carbocycles. The van der Waals surface area contributed by atoms with E-state index in [0.717, 1.165) is 31.9 Å². The summed E-state index contributed by atoms with van der Waals surface area (Å²) in [6.07, 6.45) is 4.41. The Hall–Kier alpha value is -1.56. The molecule has 0 bridgehead atoms. The molecule has 0 aliphatic heterocycles. The average Bonchev–Trinajstić information content (AvgIpc) is 2.78. The monoisotopic (exact) mass is 240 g/mol. The number of carbonyl (C=O) groups is 1. The van der Waals surface area contributed by atoms with Crippen molar-refractivity contribution in [2.45, 2.75) is 37.8 Å². The van der Waals surface area contributed by atoms with Gasteiger partial charge in [-0.15, -0.1) is 0 Å². The molecule has 1 aliphatic carbocycles. The predicted octanol–water partition coefficient (Wildman–Crippen LogP) is 1.11. The van der Waals surface area contributed by atoms with Crippen LogP contribution in [0.5, 0.6) is 0 Å². The number of aromatic nitrogens is 1. The van der Waals surface area contributed by atoms with E-state index in [2.05, 4.69) is 4.98 Å². The lowest BCUT2D eigenvalue weighted by Crippen LogP contribution is -2.43. The third kappa shape index (κ3) is 2.41. The summed E-state index contributed by atoms with van der Waals surface area (Å²) in [6, 6.07) is 0.192. The number of anilines is 1. The zero-order valence-corrected chi connectivity index (χ0v) is 9.67. The highest BCUT2D eigenvalue weighted by molar-refractivity contribution is 5.85. The Morgan fingerprint density at radius 3 is 2.82 bits per heavy atom. The number of oxazole rings is 1. The van der Waals surface area contributed by atoms with Crippen LogP contribution in [0.15, 0.2) is 10.7 Å². The van der Waals surface area contributed by atoms with E-state index in [0.29, 0.717) is 0 Å².